The average Bonchev–Trinajstić information content (AvgIpc) is 3.25. The predicted molar refractivity (Wildman–Crippen MR) is 241 cm³/mol. The van der Waals surface area contributed by atoms with Gasteiger partial charge in [0.05, 0.1) is 25.4 Å². The molecule has 0 bridgehead atoms. The number of rotatable bonds is 42. The third-order valence-corrected chi connectivity index (χ3v) is 12.0. The number of ether oxygens (including phenoxy) is 2. The molecule has 0 radical (unpaired) electrons. The van der Waals surface area contributed by atoms with Gasteiger partial charge in [0.2, 0.25) is 11.8 Å². The summed E-state index contributed by atoms with van der Waals surface area (Å²) in [6, 6.07) is -1.02. The maximum absolute atomic E-state index is 13.0. The molecule has 8 N–H and O–H groups in total. The molecule has 1 fully saturated rings. The molecule has 8 atom stereocenters. The molecule has 1 aliphatic heterocycles. The van der Waals surface area contributed by atoms with Crippen LogP contribution in [0.5, 0.6) is 0 Å². The van der Waals surface area contributed by atoms with Crippen molar-refractivity contribution < 1.29 is 54.5 Å². The first-order chi connectivity index (χ1) is 29.5. The van der Waals surface area contributed by atoms with Gasteiger partial charge in [-0.1, -0.05) is 161 Å². The van der Waals surface area contributed by atoms with Crippen LogP contribution >= 0.6 is 0 Å². The van der Waals surface area contributed by atoms with E-state index in [1.165, 1.54) is 57.4 Å². The van der Waals surface area contributed by atoms with Gasteiger partial charge in [0.25, 0.3) is 0 Å². The van der Waals surface area contributed by atoms with Crippen molar-refractivity contribution in [1.29, 1.82) is 0 Å². The van der Waals surface area contributed by atoms with Gasteiger partial charge in [-0.05, 0) is 38.2 Å². The molecule has 0 aromatic carbocycles. The van der Waals surface area contributed by atoms with E-state index in [9.17, 15) is 45.0 Å². The van der Waals surface area contributed by atoms with Crippen LogP contribution < -0.4 is 10.6 Å². The zero-order chi connectivity index (χ0) is 44.9. The number of nitrogens with one attached hydrogen (secondary N) is 2. The summed E-state index contributed by atoms with van der Waals surface area (Å²) >= 11 is 0. The lowest BCUT2D eigenvalue weighted by molar-refractivity contribution is -0.303. The fraction of sp³-hybridized carbons (Fsp3) is 0.896. The lowest BCUT2D eigenvalue weighted by Gasteiger charge is -2.40. The number of ketones is 1. The Morgan fingerprint density at radius 1 is 0.623 bits per heavy atom. The summed E-state index contributed by atoms with van der Waals surface area (Å²) in [5, 5.41) is 68.2. The number of carbonyl (C=O) groups excluding carboxylic acids is 3. The quantitative estimate of drug-likeness (QED) is 0.0231. The smallest absolute Gasteiger partial charge is 0.220 e. The number of unbranched alkanes of at least 4 members (excludes halogenated alkanes) is 24. The van der Waals surface area contributed by atoms with Crippen LogP contribution in [0.4, 0.5) is 0 Å². The van der Waals surface area contributed by atoms with Gasteiger partial charge in [-0.25, -0.2) is 0 Å². The van der Waals surface area contributed by atoms with Crippen LogP contribution in [-0.4, -0.2) is 117 Å². The van der Waals surface area contributed by atoms with Crippen molar-refractivity contribution in [2.24, 2.45) is 0 Å². The Kier molecular flexibility index (Phi) is 36.0. The molecule has 1 rings (SSSR count). The highest BCUT2D eigenvalue weighted by Gasteiger charge is 2.44. The minimum Gasteiger partial charge on any atom is -0.394 e. The van der Waals surface area contributed by atoms with E-state index in [1.807, 2.05) is 0 Å². The Bertz CT molecular complexity index is 1100. The molecule has 0 spiro atoms. The lowest BCUT2D eigenvalue weighted by Crippen LogP contribution is -2.60. The largest absolute Gasteiger partial charge is 0.394 e. The summed E-state index contributed by atoms with van der Waals surface area (Å²) < 4.78 is 11.1. The highest BCUT2D eigenvalue weighted by molar-refractivity contribution is 5.88. The molecule has 0 aliphatic carbocycles. The highest BCUT2D eigenvalue weighted by Crippen LogP contribution is 2.23. The third kappa shape index (κ3) is 29.2. The molecule has 0 aromatic heterocycles. The van der Waals surface area contributed by atoms with E-state index in [4.69, 9.17) is 9.47 Å². The van der Waals surface area contributed by atoms with Gasteiger partial charge in [-0.15, -0.1) is 0 Å². The summed E-state index contributed by atoms with van der Waals surface area (Å²) in [5.74, 6) is -0.0604. The number of hydrogen-bond acceptors (Lipinski definition) is 11. The monoisotopic (exact) mass is 871 g/mol. The van der Waals surface area contributed by atoms with E-state index < -0.39 is 55.6 Å². The zero-order valence-electron chi connectivity index (χ0n) is 38.2. The van der Waals surface area contributed by atoms with Crippen LogP contribution in [0.15, 0.2) is 12.7 Å². The Morgan fingerprint density at radius 2 is 1.08 bits per heavy atom. The van der Waals surface area contributed by atoms with Crippen molar-refractivity contribution in [2.75, 3.05) is 19.8 Å². The van der Waals surface area contributed by atoms with Crippen molar-refractivity contribution in [1.82, 2.24) is 10.6 Å². The fourth-order valence-corrected chi connectivity index (χ4v) is 7.90. The van der Waals surface area contributed by atoms with E-state index in [1.54, 1.807) is 0 Å². The van der Waals surface area contributed by atoms with E-state index in [-0.39, 0.29) is 30.6 Å². The second-order valence-corrected chi connectivity index (χ2v) is 17.5. The first-order valence-electron chi connectivity index (χ1n) is 24.5. The summed E-state index contributed by atoms with van der Waals surface area (Å²) in [7, 11) is 0. The predicted octanol–water partition coefficient (Wildman–Crippen LogP) is 6.99. The third-order valence-electron chi connectivity index (χ3n) is 12.0. The van der Waals surface area contributed by atoms with Crippen LogP contribution in [0.25, 0.3) is 0 Å². The zero-order valence-corrected chi connectivity index (χ0v) is 38.2. The number of amides is 2. The Balaban J connectivity index is 2.30. The van der Waals surface area contributed by atoms with Gasteiger partial charge < -0.3 is 50.7 Å². The Hall–Kier alpha value is -1.97. The van der Waals surface area contributed by atoms with Crippen LogP contribution in [0.1, 0.15) is 206 Å². The molecule has 1 aliphatic rings. The lowest BCUT2D eigenvalue weighted by atomic mass is 9.98. The fourth-order valence-electron chi connectivity index (χ4n) is 7.90. The minimum atomic E-state index is -1.62. The van der Waals surface area contributed by atoms with Gasteiger partial charge in [-0.3, -0.25) is 14.4 Å². The summed E-state index contributed by atoms with van der Waals surface area (Å²) in [6.07, 6.45) is 22.6. The maximum atomic E-state index is 13.0. The number of allylic oxidation sites excluding steroid dienone is 1. The summed E-state index contributed by atoms with van der Waals surface area (Å²) in [4.78, 5) is 36.3. The molecule has 358 valence electrons. The standard InChI is InChI=1S/C48H90N2O11/c1-3-5-6-7-8-9-10-11-13-16-22-27-32-40(53)44(56)39(37-60-48-47(59)46(58)45(57)41(36-51)61-48)50-43(55)34-29-24-17-14-12-15-20-25-30-35-49-42(54)33-28-23-19-18-21-26-31-38(52)4-2/h4,39-41,44-48,51,53,56-59H,2-3,5-37H2,1H3,(H,49,54)(H,50,55)/t39-,40+,41?,44-,45-,46-,47?,48-/m0/s1. The molecule has 13 heteroatoms. The normalized spacial score (nSPS) is 20.5. The SMILES string of the molecule is C=CC(=O)CCCCCCCCC(=O)NCCCCCCCCCCCC(=O)N[C@@H](CO[C@H]1OC(CO)[C@H](O)[C@H](O)C1O)[C@H](O)[C@H](O)CCCCCCCCCCCCCC. The maximum Gasteiger partial charge on any atom is 0.220 e. The van der Waals surface area contributed by atoms with E-state index in [2.05, 4.69) is 24.1 Å². The average molecular weight is 871 g/mol. The number of hydrogen-bond donors (Lipinski definition) is 8. The van der Waals surface area contributed by atoms with E-state index in [0.29, 0.717) is 32.2 Å². The van der Waals surface area contributed by atoms with Crippen molar-refractivity contribution in [2.45, 2.75) is 255 Å². The van der Waals surface area contributed by atoms with Crippen LogP contribution in [0.2, 0.25) is 0 Å². The van der Waals surface area contributed by atoms with Gasteiger partial charge in [0.15, 0.2) is 12.1 Å². The molecular formula is C48H90N2O11. The highest BCUT2D eigenvalue weighted by atomic mass is 16.7. The van der Waals surface area contributed by atoms with Crippen LogP contribution in [0.3, 0.4) is 0 Å². The van der Waals surface area contributed by atoms with Crippen LogP contribution in [-0.2, 0) is 23.9 Å². The topological polar surface area (TPSA) is 215 Å². The Morgan fingerprint density at radius 3 is 1.59 bits per heavy atom. The number of carbonyl (C=O) groups is 3. The molecule has 61 heavy (non-hydrogen) atoms. The van der Waals surface area contributed by atoms with Gasteiger partial charge >= 0.3 is 0 Å². The van der Waals surface area contributed by atoms with Crippen molar-refractivity contribution in [3.63, 3.8) is 0 Å². The molecule has 2 amide bonds. The van der Waals surface area contributed by atoms with Crippen molar-refractivity contribution in [3.8, 4) is 0 Å². The number of aliphatic hydroxyl groups is 6. The van der Waals surface area contributed by atoms with Crippen LogP contribution in [0, 0.1) is 0 Å². The van der Waals surface area contributed by atoms with Gasteiger partial charge in [0.1, 0.15) is 30.5 Å². The first-order valence-corrected chi connectivity index (χ1v) is 24.5. The van der Waals surface area contributed by atoms with Crippen molar-refractivity contribution in [3.05, 3.63) is 12.7 Å². The summed E-state index contributed by atoms with van der Waals surface area (Å²) in [6.45, 7) is 5.50. The molecule has 13 nitrogen and oxygen atoms in total. The molecule has 0 saturated carbocycles. The molecule has 1 heterocycles. The summed E-state index contributed by atoms with van der Waals surface area (Å²) in [5.41, 5.74) is 0. The van der Waals surface area contributed by atoms with Crippen molar-refractivity contribution >= 4 is 17.6 Å². The molecule has 2 unspecified atom stereocenters. The van der Waals surface area contributed by atoms with E-state index in [0.717, 1.165) is 116 Å². The molecule has 0 aromatic rings. The number of aliphatic hydroxyl groups excluding tert-OH is 6. The second kappa shape index (κ2) is 38.5. The minimum absolute atomic E-state index is 0.109. The Labute approximate surface area is 369 Å². The first kappa shape index (κ1) is 57.0. The van der Waals surface area contributed by atoms with Gasteiger partial charge in [-0.2, -0.15) is 0 Å². The second-order valence-electron chi connectivity index (χ2n) is 17.5. The molecular weight excluding hydrogens is 781 g/mol. The van der Waals surface area contributed by atoms with E-state index >= 15 is 0 Å². The molecule has 1 saturated heterocycles. The van der Waals surface area contributed by atoms with Gasteiger partial charge in [0, 0.05) is 25.8 Å².